The van der Waals surface area contributed by atoms with Crippen LogP contribution in [0, 0.1) is 11.3 Å². The minimum absolute atomic E-state index is 0.00174. The molecule has 0 bridgehead atoms. The number of imide groups is 1. The standard InChI is InChI=1S/C16H23N3O4/c1-19-12(20)4-3-11(13(19)21)18-14(22)17-9-15-7-10(15)8-23-16(15)5-2-6-16/h10-11H,2-9H2,1H3,(H2,17,18,22)/t10-,11?,15+/m0/s1. The van der Waals surface area contributed by atoms with Crippen LogP contribution in [0.25, 0.3) is 0 Å². The van der Waals surface area contributed by atoms with Gasteiger partial charge in [0, 0.05) is 25.4 Å². The van der Waals surface area contributed by atoms with Crippen molar-refractivity contribution in [2.45, 2.75) is 50.2 Å². The van der Waals surface area contributed by atoms with Crippen LogP contribution >= 0.6 is 0 Å². The van der Waals surface area contributed by atoms with Crippen molar-refractivity contribution >= 4 is 17.8 Å². The second-order valence-electron chi connectivity index (χ2n) is 7.43. The Bertz CT molecular complexity index is 574. The fourth-order valence-corrected chi connectivity index (χ4v) is 4.58. The lowest BCUT2D eigenvalue weighted by atomic mass is 9.68. The third kappa shape index (κ3) is 2.09. The molecule has 2 heterocycles. The Balaban J connectivity index is 1.31. The first kappa shape index (κ1) is 14.9. The van der Waals surface area contributed by atoms with E-state index in [1.165, 1.54) is 13.5 Å². The molecule has 0 aromatic heterocycles. The van der Waals surface area contributed by atoms with Crippen molar-refractivity contribution in [3.63, 3.8) is 0 Å². The lowest BCUT2D eigenvalue weighted by Gasteiger charge is -2.45. The third-order valence-corrected chi connectivity index (χ3v) is 6.38. The highest BCUT2D eigenvalue weighted by molar-refractivity contribution is 6.01. The summed E-state index contributed by atoms with van der Waals surface area (Å²) in [5, 5.41) is 5.65. The molecule has 126 valence electrons. The Morgan fingerprint density at radius 1 is 1.39 bits per heavy atom. The van der Waals surface area contributed by atoms with E-state index in [-0.39, 0.29) is 35.3 Å². The van der Waals surface area contributed by atoms with Crippen LogP contribution in [0.1, 0.15) is 38.5 Å². The molecule has 0 aromatic carbocycles. The van der Waals surface area contributed by atoms with Crippen LogP contribution in [-0.2, 0) is 14.3 Å². The number of carbonyl (C=O) groups excluding carboxylic acids is 3. The first-order valence-electron chi connectivity index (χ1n) is 8.46. The SMILES string of the molecule is CN1C(=O)CCC(NC(=O)NC[C@]23C[C@H]2COC32CCC2)C1=O. The molecule has 0 aromatic rings. The monoisotopic (exact) mass is 321 g/mol. The molecule has 1 spiro atoms. The smallest absolute Gasteiger partial charge is 0.315 e. The molecular weight excluding hydrogens is 298 g/mol. The number of carbonyl (C=O) groups is 3. The van der Waals surface area contributed by atoms with E-state index >= 15 is 0 Å². The average Bonchev–Trinajstić information content (AvgIpc) is 3.11. The van der Waals surface area contributed by atoms with Gasteiger partial charge in [-0.05, 0) is 38.0 Å². The molecule has 7 nitrogen and oxygen atoms in total. The number of nitrogens with one attached hydrogen (secondary N) is 2. The maximum absolute atomic E-state index is 12.2. The molecule has 7 heteroatoms. The van der Waals surface area contributed by atoms with Crippen molar-refractivity contribution in [2.75, 3.05) is 20.2 Å². The summed E-state index contributed by atoms with van der Waals surface area (Å²) in [4.78, 5) is 36.7. The van der Waals surface area contributed by atoms with Crippen LogP contribution in [0.4, 0.5) is 4.79 Å². The molecule has 2 aliphatic heterocycles. The zero-order valence-electron chi connectivity index (χ0n) is 13.4. The topological polar surface area (TPSA) is 87.7 Å². The van der Waals surface area contributed by atoms with Crippen LogP contribution in [0.5, 0.6) is 0 Å². The molecule has 0 radical (unpaired) electrons. The molecule has 2 saturated carbocycles. The number of fused-ring (bicyclic) bond motifs is 2. The maximum Gasteiger partial charge on any atom is 0.315 e. The number of urea groups is 1. The third-order valence-electron chi connectivity index (χ3n) is 6.38. The second kappa shape index (κ2) is 4.93. The van der Waals surface area contributed by atoms with Crippen LogP contribution in [-0.4, -0.2) is 54.6 Å². The number of amides is 4. The van der Waals surface area contributed by atoms with E-state index in [2.05, 4.69) is 10.6 Å². The van der Waals surface area contributed by atoms with Gasteiger partial charge in [0.1, 0.15) is 6.04 Å². The van der Waals surface area contributed by atoms with Crippen molar-refractivity contribution in [2.24, 2.45) is 11.3 Å². The number of hydrogen-bond donors (Lipinski definition) is 2. The van der Waals surface area contributed by atoms with Gasteiger partial charge in [-0.1, -0.05) is 0 Å². The van der Waals surface area contributed by atoms with Crippen LogP contribution in [0.15, 0.2) is 0 Å². The molecule has 4 amide bonds. The zero-order valence-corrected chi connectivity index (χ0v) is 13.4. The molecular formula is C16H23N3O4. The highest BCUT2D eigenvalue weighted by Gasteiger charge is 2.73. The van der Waals surface area contributed by atoms with Crippen molar-refractivity contribution < 1.29 is 19.1 Å². The molecule has 4 aliphatic rings. The number of rotatable bonds is 3. The fraction of sp³-hybridized carbons (Fsp3) is 0.812. The summed E-state index contributed by atoms with van der Waals surface area (Å²) in [6, 6.07) is -0.935. The van der Waals surface area contributed by atoms with Gasteiger partial charge in [0.2, 0.25) is 5.91 Å². The Kier molecular flexibility index (Phi) is 3.20. The van der Waals surface area contributed by atoms with Crippen molar-refractivity contribution in [1.82, 2.24) is 15.5 Å². The number of piperidine rings is 1. The van der Waals surface area contributed by atoms with E-state index in [0.29, 0.717) is 18.9 Å². The predicted octanol–water partition coefficient (Wildman–Crippen LogP) is 0.392. The lowest BCUT2D eigenvalue weighted by molar-refractivity contribution is -0.147. The highest BCUT2D eigenvalue weighted by Crippen LogP contribution is 2.70. The van der Waals surface area contributed by atoms with Gasteiger partial charge >= 0.3 is 6.03 Å². The van der Waals surface area contributed by atoms with Crippen molar-refractivity contribution in [3.05, 3.63) is 0 Å². The van der Waals surface area contributed by atoms with Gasteiger partial charge < -0.3 is 15.4 Å². The Labute approximate surface area is 135 Å². The van der Waals surface area contributed by atoms with Gasteiger partial charge in [-0.25, -0.2) is 4.79 Å². The average molecular weight is 321 g/mol. The number of nitrogens with zero attached hydrogens (tertiary/aromatic N) is 1. The number of hydrogen-bond acceptors (Lipinski definition) is 4. The summed E-state index contributed by atoms with van der Waals surface area (Å²) in [5.41, 5.74) is 0.115. The highest BCUT2D eigenvalue weighted by atomic mass is 16.5. The minimum Gasteiger partial charge on any atom is -0.374 e. The summed E-state index contributed by atoms with van der Waals surface area (Å²) in [5.74, 6) is 0.0462. The molecule has 1 unspecified atom stereocenters. The maximum atomic E-state index is 12.2. The first-order valence-corrected chi connectivity index (χ1v) is 8.46. The molecule has 2 saturated heterocycles. The first-order chi connectivity index (χ1) is 11.0. The number of ether oxygens (including phenoxy) is 1. The van der Waals surface area contributed by atoms with Crippen LogP contribution in [0.3, 0.4) is 0 Å². The van der Waals surface area contributed by atoms with Gasteiger partial charge in [0.25, 0.3) is 5.91 Å². The van der Waals surface area contributed by atoms with Gasteiger partial charge in [0.05, 0.1) is 12.2 Å². The van der Waals surface area contributed by atoms with E-state index in [1.54, 1.807) is 0 Å². The Morgan fingerprint density at radius 2 is 2.17 bits per heavy atom. The summed E-state index contributed by atoms with van der Waals surface area (Å²) < 4.78 is 6.00. The minimum atomic E-state index is -0.609. The number of likely N-dealkylation sites (tertiary alicyclic amines) is 1. The van der Waals surface area contributed by atoms with Crippen LogP contribution < -0.4 is 10.6 Å². The van der Waals surface area contributed by atoms with Crippen LogP contribution in [0.2, 0.25) is 0 Å². The van der Waals surface area contributed by atoms with Gasteiger partial charge in [-0.3, -0.25) is 14.5 Å². The molecule has 23 heavy (non-hydrogen) atoms. The Hall–Kier alpha value is -1.63. The molecule has 2 N–H and O–H groups in total. The fourth-order valence-electron chi connectivity index (χ4n) is 4.58. The zero-order chi connectivity index (χ0) is 16.2. The lowest BCUT2D eigenvalue weighted by Crippen LogP contribution is -2.56. The van der Waals surface area contributed by atoms with Gasteiger partial charge in [-0.2, -0.15) is 0 Å². The van der Waals surface area contributed by atoms with Gasteiger partial charge in [0.15, 0.2) is 0 Å². The van der Waals surface area contributed by atoms with E-state index in [4.69, 9.17) is 4.74 Å². The molecule has 4 fully saturated rings. The van der Waals surface area contributed by atoms with Gasteiger partial charge in [-0.15, -0.1) is 0 Å². The quantitative estimate of drug-likeness (QED) is 0.736. The largest absolute Gasteiger partial charge is 0.374 e. The van der Waals surface area contributed by atoms with E-state index in [0.717, 1.165) is 30.8 Å². The van der Waals surface area contributed by atoms with Crippen molar-refractivity contribution in [3.8, 4) is 0 Å². The second-order valence-corrected chi connectivity index (χ2v) is 7.43. The molecule has 3 atom stereocenters. The molecule has 2 aliphatic carbocycles. The summed E-state index contributed by atoms with van der Waals surface area (Å²) >= 11 is 0. The summed E-state index contributed by atoms with van der Waals surface area (Å²) in [7, 11) is 1.46. The Morgan fingerprint density at radius 3 is 2.83 bits per heavy atom. The normalized spacial score (nSPS) is 37.3. The summed E-state index contributed by atoms with van der Waals surface area (Å²) in [6.45, 7) is 1.43. The van der Waals surface area contributed by atoms with E-state index in [1.807, 2.05) is 0 Å². The van der Waals surface area contributed by atoms with E-state index < -0.39 is 6.04 Å². The molecule has 4 rings (SSSR count). The van der Waals surface area contributed by atoms with E-state index in [9.17, 15) is 14.4 Å². The predicted molar refractivity (Wildman–Crippen MR) is 80.4 cm³/mol. The van der Waals surface area contributed by atoms with Crippen molar-refractivity contribution in [1.29, 1.82) is 0 Å². The number of likely N-dealkylation sites (N-methyl/N-ethyl adjacent to an activating group) is 1. The summed E-state index contributed by atoms with van der Waals surface area (Å²) in [6.07, 6.45) is 5.19.